The van der Waals surface area contributed by atoms with E-state index in [9.17, 15) is 27.6 Å². The van der Waals surface area contributed by atoms with Gasteiger partial charge in [-0.05, 0) is 116 Å². The molecule has 4 heterocycles. The minimum Gasteiger partial charge on any atom is -0.478 e. The number of aromatic nitrogens is 2. The first-order chi connectivity index (χ1) is 28.4. The van der Waals surface area contributed by atoms with Crippen molar-refractivity contribution in [2.24, 2.45) is 0 Å². The monoisotopic (exact) mass is 818 g/mol. The van der Waals surface area contributed by atoms with E-state index in [0.29, 0.717) is 46.1 Å². The fourth-order valence-corrected chi connectivity index (χ4v) is 10.2. The average Bonchev–Trinajstić information content (AvgIpc) is 3.70. The van der Waals surface area contributed by atoms with E-state index in [4.69, 9.17) is 10.1 Å². The van der Waals surface area contributed by atoms with Gasteiger partial charge >= 0.3 is 12.3 Å². The third-order valence-corrected chi connectivity index (χ3v) is 13.2. The average molecular weight is 819 g/mol. The van der Waals surface area contributed by atoms with Crippen molar-refractivity contribution in [1.29, 1.82) is 0 Å². The van der Waals surface area contributed by atoms with Gasteiger partial charge in [-0.2, -0.15) is 0 Å². The standard InChI is InChI=1S/C46H41F3N4O5S/c47-46(48,49)58-31-10-4-9-29(25-31)35-19-17-33-32-11-5-24-53-37-26-38(59-42(37)40(28-7-2-1-3-8-28)41(53)34(32)18-20-36(33)51-35)43(56)52-45(22-6-23-45)44(57)50-30-15-12-27(13-16-30)14-21-39(54)55/h4,9-10,12-21,25-26,28H,1-3,5-8,11,22-24H2,(H,50,57)(H,52,56)(H,54,55)/b21-14+. The van der Waals surface area contributed by atoms with E-state index in [0.717, 1.165) is 84.2 Å². The second kappa shape index (κ2) is 15.3. The first-order valence-electron chi connectivity index (χ1n) is 20.0. The first-order valence-corrected chi connectivity index (χ1v) is 20.9. The zero-order chi connectivity index (χ0) is 40.9. The number of benzene rings is 3. The number of carboxylic acids is 1. The molecular weight excluding hydrogens is 778 g/mol. The quantitative estimate of drug-likeness (QED) is 0.125. The molecule has 9 rings (SSSR count). The molecule has 6 aromatic rings. The second-order valence-corrected chi connectivity index (χ2v) is 16.8. The fraction of sp³-hybridized carbons (Fsp3) is 0.304. The lowest BCUT2D eigenvalue weighted by Crippen LogP contribution is -2.61. The van der Waals surface area contributed by atoms with Crippen LogP contribution in [0.4, 0.5) is 18.9 Å². The van der Waals surface area contributed by atoms with Gasteiger partial charge in [0.1, 0.15) is 11.3 Å². The highest BCUT2D eigenvalue weighted by Crippen LogP contribution is 2.49. The van der Waals surface area contributed by atoms with Gasteiger partial charge in [-0.15, -0.1) is 24.5 Å². The number of aliphatic carboxylic acids is 1. The molecule has 2 amide bonds. The van der Waals surface area contributed by atoms with Crippen LogP contribution in [0.1, 0.15) is 90.1 Å². The number of nitrogens with zero attached hydrogens (tertiary/aromatic N) is 2. The highest BCUT2D eigenvalue weighted by Gasteiger charge is 2.46. The number of amides is 2. The Kier molecular flexibility index (Phi) is 10.0. The van der Waals surface area contributed by atoms with Crippen LogP contribution >= 0.6 is 11.3 Å². The minimum absolute atomic E-state index is 0.267. The van der Waals surface area contributed by atoms with E-state index in [1.54, 1.807) is 30.3 Å². The van der Waals surface area contributed by atoms with Crippen molar-refractivity contribution >= 4 is 62.0 Å². The third-order valence-electron chi connectivity index (χ3n) is 12.0. The Hall–Kier alpha value is -5.95. The van der Waals surface area contributed by atoms with E-state index < -0.39 is 17.9 Å². The van der Waals surface area contributed by atoms with E-state index in [1.807, 2.05) is 24.3 Å². The lowest BCUT2D eigenvalue weighted by molar-refractivity contribution is -0.274. The molecule has 0 bridgehead atoms. The molecule has 3 aliphatic rings. The molecule has 302 valence electrons. The summed E-state index contributed by atoms with van der Waals surface area (Å²) in [6.45, 7) is 0.765. The van der Waals surface area contributed by atoms with Gasteiger partial charge in [0.25, 0.3) is 5.91 Å². The molecule has 0 radical (unpaired) electrons. The number of ether oxygens (including phenoxy) is 1. The maximum Gasteiger partial charge on any atom is 0.573 e. The number of carbonyl (C=O) groups is 3. The summed E-state index contributed by atoms with van der Waals surface area (Å²) in [5.41, 5.74) is 7.92. The highest BCUT2D eigenvalue weighted by molar-refractivity contribution is 7.21. The summed E-state index contributed by atoms with van der Waals surface area (Å²) in [7, 11) is 0. The molecule has 2 saturated carbocycles. The van der Waals surface area contributed by atoms with Crippen molar-refractivity contribution in [3.63, 3.8) is 0 Å². The summed E-state index contributed by atoms with van der Waals surface area (Å²) in [4.78, 5) is 44.2. The zero-order valence-corrected chi connectivity index (χ0v) is 32.8. The van der Waals surface area contributed by atoms with E-state index in [2.05, 4.69) is 26.0 Å². The lowest BCUT2D eigenvalue weighted by Gasteiger charge is -2.40. The van der Waals surface area contributed by atoms with Gasteiger partial charge in [-0.25, -0.2) is 9.78 Å². The zero-order valence-electron chi connectivity index (χ0n) is 32.0. The number of hydrogen-bond acceptors (Lipinski definition) is 6. The predicted octanol–water partition coefficient (Wildman–Crippen LogP) is 10.9. The summed E-state index contributed by atoms with van der Waals surface area (Å²) in [6.07, 6.45) is 6.90. The van der Waals surface area contributed by atoms with Crippen LogP contribution in [0.2, 0.25) is 0 Å². The lowest BCUT2D eigenvalue weighted by atomic mass is 9.75. The van der Waals surface area contributed by atoms with Gasteiger partial charge in [0.2, 0.25) is 5.91 Å². The summed E-state index contributed by atoms with van der Waals surface area (Å²) in [5.74, 6) is -1.55. The number of alkyl halides is 3. The van der Waals surface area contributed by atoms with Gasteiger partial charge in [-0.3, -0.25) is 9.59 Å². The van der Waals surface area contributed by atoms with Gasteiger partial charge < -0.3 is 25.0 Å². The topological polar surface area (TPSA) is 123 Å². The van der Waals surface area contributed by atoms with Gasteiger partial charge in [0.05, 0.1) is 32.0 Å². The van der Waals surface area contributed by atoms with E-state index in [1.165, 1.54) is 58.9 Å². The van der Waals surface area contributed by atoms with Crippen LogP contribution in [0.3, 0.4) is 0 Å². The molecule has 9 nitrogen and oxygen atoms in total. The maximum absolute atomic E-state index is 14.1. The van der Waals surface area contributed by atoms with Crippen LogP contribution in [-0.2, 0) is 22.6 Å². The molecule has 3 aromatic heterocycles. The summed E-state index contributed by atoms with van der Waals surface area (Å²) in [6, 6.07) is 22.8. The van der Waals surface area contributed by atoms with Crippen molar-refractivity contribution in [3.8, 4) is 28.3 Å². The number of halogens is 3. The van der Waals surface area contributed by atoms with Crippen LogP contribution in [0.5, 0.6) is 5.75 Å². The van der Waals surface area contributed by atoms with E-state index in [-0.39, 0.29) is 17.6 Å². The Morgan fingerprint density at radius 3 is 2.46 bits per heavy atom. The number of anilines is 1. The number of thiophene rings is 1. The number of nitrogens with one attached hydrogen (secondary N) is 2. The highest BCUT2D eigenvalue weighted by atomic mass is 32.1. The minimum atomic E-state index is -4.79. The van der Waals surface area contributed by atoms with E-state index >= 15 is 0 Å². The van der Waals surface area contributed by atoms with Crippen LogP contribution in [-0.4, -0.2) is 44.3 Å². The SMILES string of the molecule is O=C(O)/C=C/c1ccc(NC(=O)C2(NC(=O)c3cc4c(s3)c(C3CCCCC3)c3n4CCCc4c-3ccc3nc(-c5cccc(OC(F)(F)F)c5)ccc43)CCC2)cc1. The van der Waals surface area contributed by atoms with Crippen molar-refractivity contribution in [3.05, 3.63) is 107 Å². The number of carbonyl (C=O) groups excluding carboxylic acids is 2. The summed E-state index contributed by atoms with van der Waals surface area (Å²) in [5, 5.41) is 16.0. The maximum atomic E-state index is 14.1. The van der Waals surface area contributed by atoms with Gasteiger partial charge in [-0.1, -0.05) is 55.7 Å². The Bertz CT molecular complexity index is 2650. The molecule has 3 N–H and O–H groups in total. The largest absolute Gasteiger partial charge is 0.573 e. The Labute approximate surface area is 341 Å². The Balaban J connectivity index is 1.03. The first kappa shape index (κ1) is 38.6. The summed E-state index contributed by atoms with van der Waals surface area (Å²) >= 11 is 1.50. The summed E-state index contributed by atoms with van der Waals surface area (Å²) < 4.78 is 46.5. The van der Waals surface area contributed by atoms with Crippen molar-refractivity contribution in [2.45, 2.75) is 88.6 Å². The molecular formula is C46H41F3N4O5S. The van der Waals surface area contributed by atoms with Gasteiger partial charge in [0.15, 0.2) is 0 Å². The molecule has 0 spiro atoms. The Morgan fingerprint density at radius 1 is 0.932 bits per heavy atom. The van der Waals surface area contributed by atoms with Crippen molar-refractivity contribution in [2.75, 3.05) is 5.32 Å². The fourth-order valence-electron chi connectivity index (χ4n) is 9.05. The normalized spacial score (nSPS) is 16.6. The number of pyridine rings is 1. The van der Waals surface area contributed by atoms with Crippen molar-refractivity contribution in [1.82, 2.24) is 14.9 Å². The molecule has 0 unspecified atom stereocenters. The molecule has 3 aromatic carbocycles. The van der Waals surface area contributed by atoms with Crippen LogP contribution < -0.4 is 15.4 Å². The Morgan fingerprint density at radius 2 is 1.73 bits per heavy atom. The number of carboxylic acid groups (broad SMARTS) is 1. The number of rotatable bonds is 9. The molecule has 59 heavy (non-hydrogen) atoms. The molecule has 2 aliphatic carbocycles. The molecule has 1 aliphatic heterocycles. The van der Waals surface area contributed by atoms with Crippen molar-refractivity contribution < 1.29 is 37.4 Å². The number of fused-ring (bicyclic) bond motifs is 7. The third kappa shape index (κ3) is 7.59. The second-order valence-electron chi connectivity index (χ2n) is 15.7. The predicted molar refractivity (Wildman–Crippen MR) is 223 cm³/mol. The molecule has 13 heteroatoms. The number of aryl methyl sites for hydroxylation is 2. The van der Waals surface area contributed by atoms with Crippen LogP contribution in [0, 0.1) is 0 Å². The molecule has 2 fully saturated rings. The molecule has 0 saturated heterocycles. The number of hydrogen-bond donors (Lipinski definition) is 3. The van der Waals surface area contributed by atoms with Gasteiger partial charge in [0, 0.05) is 34.8 Å². The van der Waals surface area contributed by atoms with Crippen LogP contribution in [0.15, 0.2) is 84.9 Å². The smallest absolute Gasteiger partial charge is 0.478 e. The molecule has 0 atom stereocenters. The van der Waals surface area contributed by atoms with Crippen LogP contribution in [0.25, 0.3) is 49.7 Å².